The van der Waals surface area contributed by atoms with E-state index >= 15 is 0 Å². The van der Waals surface area contributed by atoms with Crippen LogP contribution in [0, 0.1) is 17.0 Å². The number of nitro groups is 1. The molecule has 0 aliphatic heterocycles. The third kappa shape index (κ3) is 3.56. The standard InChI is InChI=1S/C18H17N3O4S/c1-12-7-8-15-16(11-12)26-18(20(15)9-10-25-2)19-17(22)13-5-3-4-6-14(13)21(23)24/h3-8,11H,9-10H2,1-2H3. The van der Waals surface area contributed by atoms with Crippen molar-refractivity contribution in [3.05, 3.63) is 68.5 Å². The van der Waals surface area contributed by atoms with Gasteiger partial charge in [-0.1, -0.05) is 29.5 Å². The molecule has 0 aliphatic rings. The first-order valence-electron chi connectivity index (χ1n) is 7.92. The van der Waals surface area contributed by atoms with E-state index < -0.39 is 10.8 Å². The number of fused-ring (bicyclic) bond motifs is 1. The number of benzene rings is 2. The molecular weight excluding hydrogens is 354 g/mol. The first-order valence-corrected chi connectivity index (χ1v) is 8.74. The Morgan fingerprint density at radius 2 is 2.08 bits per heavy atom. The van der Waals surface area contributed by atoms with Crippen LogP contribution in [0.15, 0.2) is 47.5 Å². The summed E-state index contributed by atoms with van der Waals surface area (Å²) in [5.41, 5.74) is 1.78. The summed E-state index contributed by atoms with van der Waals surface area (Å²) < 4.78 is 8.04. The average molecular weight is 371 g/mol. The van der Waals surface area contributed by atoms with E-state index in [4.69, 9.17) is 4.74 Å². The molecule has 1 amide bonds. The van der Waals surface area contributed by atoms with Crippen LogP contribution in [-0.2, 0) is 11.3 Å². The highest BCUT2D eigenvalue weighted by molar-refractivity contribution is 7.16. The molecule has 2 aromatic carbocycles. The van der Waals surface area contributed by atoms with Gasteiger partial charge in [-0.2, -0.15) is 4.99 Å². The quantitative estimate of drug-likeness (QED) is 0.508. The third-order valence-electron chi connectivity index (χ3n) is 3.89. The SMILES string of the molecule is COCCn1c(=NC(=O)c2ccccc2[N+](=O)[O-])sc2cc(C)ccc21. The highest BCUT2D eigenvalue weighted by atomic mass is 32.1. The molecule has 3 rings (SSSR count). The van der Waals surface area contributed by atoms with Crippen molar-refractivity contribution in [1.82, 2.24) is 4.57 Å². The molecular formula is C18H17N3O4S. The summed E-state index contributed by atoms with van der Waals surface area (Å²) in [5, 5.41) is 11.2. The van der Waals surface area contributed by atoms with Gasteiger partial charge in [-0.05, 0) is 30.7 Å². The highest BCUT2D eigenvalue weighted by Gasteiger charge is 2.19. The van der Waals surface area contributed by atoms with E-state index in [1.54, 1.807) is 13.2 Å². The second-order valence-electron chi connectivity index (χ2n) is 5.69. The molecule has 0 atom stereocenters. The predicted octanol–water partition coefficient (Wildman–Crippen LogP) is 3.31. The molecule has 0 aliphatic carbocycles. The molecule has 0 N–H and O–H groups in total. The molecule has 0 bridgehead atoms. The summed E-state index contributed by atoms with van der Waals surface area (Å²) in [7, 11) is 1.61. The number of nitrogens with zero attached hydrogens (tertiary/aromatic N) is 3. The molecule has 0 radical (unpaired) electrons. The first kappa shape index (κ1) is 18.0. The van der Waals surface area contributed by atoms with Crippen molar-refractivity contribution in [3.8, 4) is 0 Å². The molecule has 1 heterocycles. The lowest BCUT2D eigenvalue weighted by molar-refractivity contribution is -0.385. The number of ether oxygens (including phenoxy) is 1. The largest absolute Gasteiger partial charge is 0.383 e. The van der Waals surface area contributed by atoms with Crippen LogP contribution >= 0.6 is 11.3 Å². The van der Waals surface area contributed by atoms with E-state index in [1.165, 1.54) is 29.5 Å². The normalized spacial score (nSPS) is 11.8. The van der Waals surface area contributed by atoms with Crippen LogP contribution in [0.3, 0.4) is 0 Å². The molecule has 8 heteroatoms. The molecule has 26 heavy (non-hydrogen) atoms. The first-order chi connectivity index (χ1) is 12.5. The van der Waals surface area contributed by atoms with E-state index in [2.05, 4.69) is 4.99 Å². The number of hydrogen-bond donors (Lipinski definition) is 0. The molecule has 0 saturated heterocycles. The number of methoxy groups -OCH3 is 1. The number of thiazole rings is 1. The predicted molar refractivity (Wildman–Crippen MR) is 99.4 cm³/mol. The summed E-state index contributed by atoms with van der Waals surface area (Å²) in [5.74, 6) is -0.633. The Morgan fingerprint density at radius 3 is 2.81 bits per heavy atom. The van der Waals surface area contributed by atoms with Gasteiger partial charge in [-0.25, -0.2) is 0 Å². The maximum absolute atomic E-state index is 12.6. The summed E-state index contributed by atoms with van der Waals surface area (Å²) in [4.78, 5) is 27.9. The lowest BCUT2D eigenvalue weighted by Gasteiger charge is -2.04. The van der Waals surface area contributed by atoms with Crippen molar-refractivity contribution in [2.24, 2.45) is 4.99 Å². The van der Waals surface area contributed by atoms with E-state index in [9.17, 15) is 14.9 Å². The van der Waals surface area contributed by atoms with Crippen LogP contribution in [0.1, 0.15) is 15.9 Å². The van der Waals surface area contributed by atoms with Crippen molar-refractivity contribution >= 4 is 33.1 Å². The monoisotopic (exact) mass is 371 g/mol. The number of nitro benzene ring substituents is 1. The zero-order valence-electron chi connectivity index (χ0n) is 14.3. The Morgan fingerprint density at radius 1 is 1.31 bits per heavy atom. The van der Waals surface area contributed by atoms with Crippen LogP contribution in [0.2, 0.25) is 0 Å². The third-order valence-corrected chi connectivity index (χ3v) is 4.93. The van der Waals surface area contributed by atoms with Crippen molar-refractivity contribution < 1.29 is 14.5 Å². The number of aryl methyl sites for hydroxylation is 1. The molecule has 1 aromatic heterocycles. The van der Waals surface area contributed by atoms with E-state index in [0.29, 0.717) is 18.0 Å². The van der Waals surface area contributed by atoms with E-state index in [1.807, 2.05) is 29.7 Å². The van der Waals surface area contributed by atoms with Gasteiger partial charge in [0.25, 0.3) is 11.6 Å². The van der Waals surface area contributed by atoms with E-state index in [0.717, 1.165) is 15.8 Å². The van der Waals surface area contributed by atoms with Gasteiger partial charge in [-0.15, -0.1) is 0 Å². The molecule has 0 fully saturated rings. The minimum absolute atomic E-state index is 0.0237. The number of para-hydroxylation sites is 1. The number of aromatic nitrogens is 1. The Bertz CT molecular complexity index is 1050. The number of amides is 1. The van der Waals surface area contributed by atoms with Gasteiger partial charge < -0.3 is 9.30 Å². The summed E-state index contributed by atoms with van der Waals surface area (Å²) in [6, 6.07) is 11.8. The van der Waals surface area contributed by atoms with Crippen molar-refractivity contribution in [3.63, 3.8) is 0 Å². The maximum Gasteiger partial charge on any atom is 0.286 e. The molecule has 134 valence electrons. The average Bonchev–Trinajstić information content (AvgIpc) is 2.95. The van der Waals surface area contributed by atoms with Crippen LogP contribution in [0.4, 0.5) is 5.69 Å². The lowest BCUT2D eigenvalue weighted by atomic mass is 10.2. The smallest absolute Gasteiger partial charge is 0.286 e. The zero-order chi connectivity index (χ0) is 18.7. The van der Waals surface area contributed by atoms with Gasteiger partial charge in [-0.3, -0.25) is 14.9 Å². The Kier molecular flexibility index (Phi) is 5.24. The van der Waals surface area contributed by atoms with Gasteiger partial charge in [0.2, 0.25) is 0 Å². The molecule has 3 aromatic rings. The van der Waals surface area contributed by atoms with Gasteiger partial charge in [0.1, 0.15) is 5.56 Å². The fourth-order valence-electron chi connectivity index (χ4n) is 2.63. The summed E-state index contributed by atoms with van der Waals surface area (Å²) >= 11 is 1.38. The Balaban J connectivity index is 2.14. The minimum Gasteiger partial charge on any atom is -0.383 e. The molecule has 0 spiro atoms. The Labute approximate surface area is 153 Å². The van der Waals surface area contributed by atoms with Crippen LogP contribution < -0.4 is 4.80 Å². The lowest BCUT2D eigenvalue weighted by Crippen LogP contribution is -2.19. The van der Waals surface area contributed by atoms with Crippen LogP contribution in [-0.4, -0.2) is 29.1 Å². The second kappa shape index (κ2) is 7.59. The number of carbonyl (C=O) groups is 1. The van der Waals surface area contributed by atoms with Gasteiger partial charge in [0.15, 0.2) is 4.80 Å². The van der Waals surface area contributed by atoms with Crippen molar-refractivity contribution in [2.45, 2.75) is 13.5 Å². The topological polar surface area (TPSA) is 86.7 Å². The second-order valence-corrected chi connectivity index (χ2v) is 6.70. The number of rotatable bonds is 5. The van der Waals surface area contributed by atoms with Crippen LogP contribution in [0.25, 0.3) is 10.2 Å². The summed E-state index contributed by atoms with van der Waals surface area (Å²) in [6.45, 7) is 2.99. The van der Waals surface area contributed by atoms with E-state index in [-0.39, 0.29) is 11.3 Å². The minimum atomic E-state index is -0.633. The fraction of sp³-hybridized carbons (Fsp3) is 0.222. The molecule has 0 unspecified atom stereocenters. The van der Waals surface area contributed by atoms with Gasteiger partial charge in [0, 0.05) is 19.7 Å². The maximum atomic E-state index is 12.6. The number of hydrogen-bond acceptors (Lipinski definition) is 5. The Hall–Kier alpha value is -2.84. The zero-order valence-corrected chi connectivity index (χ0v) is 15.2. The fourth-order valence-corrected chi connectivity index (χ4v) is 3.78. The highest BCUT2D eigenvalue weighted by Crippen LogP contribution is 2.21. The molecule has 0 saturated carbocycles. The van der Waals surface area contributed by atoms with Crippen molar-refractivity contribution in [1.29, 1.82) is 0 Å². The van der Waals surface area contributed by atoms with Gasteiger partial charge in [0.05, 0.1) is 21.7 Å². The van der Waals surface area contributed by atoms with Crippen LogP contribution in [0.5, 0.6) is 0 Å². The van der Waals surface area contributed by atoms with Crippen molar-refractivity contribution in [2.75, 3.05) is 13.7 Å². The summed E-state index contributed by atoms with van der Waals surface area (Å²) in [6.07, 6.45) is 0. The molecule has 7 nitrogen and oxygen atoms in total. The number of carbonyl (C=O) groups excluding carboxylic acids is 1. The van der Waals surface area contributed by atoms with Gasteiger partial charge >= 0.3 is 0 Å².